The van der Waals surface area contributed by atoms with Crippen LogP contribution >= 0.6 is 0 Å². The molecule has 3 heterocycles. The van der Waals surface area contributed by atoms with Gasteiger partial charge in [0, 0.05) is 45.3 Å². The number of nitrogens with zero attached hydrogens (tertiary/aromatic N) is 3. The number of amides is 3. The fourth-order valence-corrected chi connectivity index (χ4v) is 8.88. The molecule has 14 heteroatoms. The largest absolute Gasteiger partial charge is 0.506 e. The lowest BCUT2D eigenvalue weighted by molar-refractivity contribution is -0.135. The molecule has 2 saturated heterocycles. The highest BCUT2D eigenvalue weighted by Crippen LogP contribution is 2.39. The molecule has 1 saturated carbocycles. The Kier molecular flexibility index (Phi) is 14.5. The zero-order valence-electron chi connectivity index (χ0n) is 33.8. The van der Waals surface area contributed by atoms with Gasteiger partial charge in [-0.1, -0.05) is 55.7 Å². The van der Waals surface area contributed by atoms with E-state index in [4.69, 9.17) is 14.2 Å². The van der Waals surface area contributed by atoms with E-state index >= 15 is 0 Å². The van der Waals surface area contributed by atoms with Gasteiger partial charge in [-0.3, -0.25) is 19.3 Å². The first-order valence-electron chi connectivity index (χ1n) is 21.2. The Morgan fingerprint density at radius 1 is 0.966 bits per heavy atom. The Morgan fingerprint density at radius 3 is 2.59 bits per heavy atom. The Morgan fingerprint density at radius 2 is 1.76 bits per heavy atom. The number of halogens is 2. The number of likely N-dealkylation sites (tertiary alicyclic amines) is 1. The summed E-state index contributed by atoms with van der Waals surface area (Å²) in [5.41, 5.74) is 2.87. The molecule has 7 rings (SSSR count). The summed E-state index contributed by atoms with van der Waals surface area (Å²) in [6.45, 7) is 6.20. The Bertz CT molecular complexity index is 1930. The molecule has 318 valence electrons. The number of hydrogen-bond acceptors (Lipinski definition) is 9. The number of anilines is 1. The van der Waals surface area contributed by atoms with Crippen LogP contribution in [0.2, 0.25) is 0 Å². The predicted molar refractivity (Wildman–Crippen MR) is 218 cm³/mol. The molecule has 1 spiro atoms. The zero-order chi connectivity index (χ0) is 41.2. The highest BCUT2D eigenvalue weighted by molar-refractivity contribution is 5.97. The number of piperidine rings is 1. The number of hydrogen-bond donors (Lipinski definition) is 3. The monoisotopic (exact) mass is 817 g/mol. The summed E-state index contributed by atoms with van der Waals surface area (Å²) in [7, 11) is 0. The van der Waals surface area contributed by atoms with Crippen molar-refractivity contribution < 1.29 is 42.5 Å². The molecule has 3 aromatic carbocycles. The number of benzene rings is 3. The minimum atomic E-state index is -1.11. The minimum Gasteiger partial charge on any atom is -0.506 e. The lowest BCUT2D eigenvalue weighted by atomic mass is 9.88. The number of rotatable bonds is 16. The molecule has 3 aromatic rings. The predicted octanol–water partition coefficient (Wildman–Crippen LogP) is 5.45. The van der Waals surface area contributed by atoms with E-state index in [9.17, 15) is 28.3 Å². The highest BCUT2D eigenvalue weighted by Gasteiger charge is 2.41. The molecule has 3 N–H and O–H groups in total. The summed E-state index contributed by atoms with van der Waals surface area (Å²) < 4.78 is 46.0. The Balaban J connectivity index is 0.816. The van der Waals surface area contributed by atoms with Gasteiger partial charge >= 0.3 is 0 Å². The number of phenols is 1. The third kappa shape index (κ3) is 11.0. The van der Waals surface area contributed by atoms with Crippen LogP contribution in [0, 0.1) is 11.6 Å². The van der Waals surface area contributed by atoms with Crippen LogP contribution in [0.15, 0.2) is 54.6 Å². The van der Waals surface area contributed by atoms with Gasteiger partial charge < -0.3 is 39.8 Å². The van der Waals surface area contributed by atoms with Crippen LogP contribution in [-0.4, -0.2) is 121 Å². The third-order valence-electron chi connectivity index (χ3n) is 12.1. The van der Waals surface area contributed by atoms with Crippen LogP contribution in [-0.2, 0) is 38.4 Å². The van der Waals surface area contributed by atoms with Gasteiger partial charge in [0.1, 0.15) is 11.4 Å². The van der Waals surface area contributed by atoms with E-state index in [2.05, 4.69) is 39.8 Å². The second kappa shape index (κ2) is 20.1. The van der Waals surface area contributed by atoms with E-state index in [0.29, 0.717) is 76.8 Å². The van der Waals surface area contributed by atoms with Gasteiger partial charge in [-0.25, -0.2) is 8.78 Å². The molecule has 12 nitrogen and oxygen atoms in total. The van der Waals surface area contributed by atoms with Crippen LogP contribution in [0.5, 0.6) is 11.5 Å². The van der Waals surface area contributed by atoms with Crippen molar-refractivity contribution in [3.63, 3.8) is 0 Å². The summed E-state index contributed by atoms with van der Waals surface area (Å²) in [6.07, 6.45) is 8.74. The lowest BCUT2D eigenvalue weighted by Crippen LogP contribution is -2.58. The second-order valence-corrected chi connectivity index (χ2v) is 16.2. The Hall–Kier alpha value is -4.63. The average molecular weight is 818 g/mol. The van der Waals surface area contributed by atoms with Crippen LogP contribution in [0.4, 0.5) is 14.5 Å². The third-order valence-corrected chi connectivity index (χ3v) is 12.1. The van der Waals surface area contributed by atoms with Crippen molar-refractivity contribution in [1.29, 1.82) is 0 Å². The maximum absolute atomic E-state index is 14.4. The van der Waals surface area contributed by atoms with Crippen LogP contribution in [0.3, 0.4) is 0 Å². The standard InChI is InChI=1S/C45H57F2N5O7/c46-37-11-5-10-36(41(37)47)44(56)51-24-27-59-45(31-51)17-21-50(22-18-45)29-33-7-4-6-32(28-33)15-25-57-26-16-40(55)52(35-8-2-1-3-9-35)23-20-48-19-14-34-12-13-38(53)42-43(34)58-30-39(54)49-42/h4-7,10-13,28,35,48,53H,1-3,8-9,14-27,29-31H2,(H,49,54). The number of phenolic OH excluding ortho intramolecular Hbond substituents is 1. The van der Waals surface area contributed by atoms with Crippen molar-refractivity contribution in [2.75, 3.05) is 77.6 Å². The van der Waals surface area contributed by atoms with Gasteiger partial charge in [0.05, 0.1) is 44.0 Å². The van der Waals surface area contributed by atoms with Gasteiger partial charge in [0.25, 0.3) is 11.8 Å². The van der Waals surface area contributed by atoms with Gasteiger partial charge in [-0.2, -0.15) is 0 Å². The molecular formula is C45H57F2N5O7. The first kappa shape index (κ1) is 42.5. The molecule has 59 heavy (non-hydrogen) atoms. The van der Waals surface area contributed by atoms with Crippen LogP contribution in [0.1, 0.15) is 78.4 Å². The van der Waals surface area contributed by atoms with E-state index in [1.165, 1.54) is 29.7 Å². The average Bonchev–Trinajstić information content (AvgIpc) is 3.25. The van der Waals surface area contributed by atoms with Crippen molar-refractivity contribution >= 4 is 23.4 Å². The summed E-state index contributed by atoms with van der Waals surface area (Å²) in [6, 6.07) is 15.8. The van der Waals surface area contributed by atoms with Gasteiger partial charge in [-0.15, -0.1) is 0 Å². The number of ether oxygens (including phenoxy) is 3. The number of fused-ring (bicyclic) bond motifs is 1. The Labute approximate surface area is 345 Å². The van der Waals surface area contributed by atoms with Gasteiger partial charge in [0.15, 0.2) is 24.0 Å². The summed E-state index contributed by atoms with van der Waals surface area (Å²) in [4.78, 5) is 44.4. The van der Waals surface area contributed by atoms with Crippen molar-refractivity contribution in [2.45, 2.75) is 82.4 Å². The van der Waals surface area contributed by atoms with Crippen LogP contribution in [0.25, 0.3) is 0 Å². The first-order valence-corrected chi connectivity index (χ1v) is 21.2. The van der Waals surface area contributed by atoms with E-state index < -0.39 is 23.1 Å². The molecule has 3 fully saturated rings. The summed E-state index contributed by atoms with van der Waals surface area (Å²) >= 11 is 0. The normalized spacial score (nSPS) is 18.3. The maximum Gasteiger partial charge on any atom is 0.262 e. The molecule has 1 aliphatic carbocycles. The first-order chi connectivity index (χ1) is 28.7. The highest BCUT2D eigenvalue weighted by atomic mass is 19.2. The molecule has 0 radical (unpaired) electrons. The molecule has 0 bridgehead atoms. The zero-order valence-corrected chi connectivity index (χ0v) is 33.8. The van der Waals surface area contributed by atoms with E-state index in [0.717, 1.165) is 76.2 Å². The number of carbonyl (C=O) groups is 3. The summed E-state index contributed by atoms with van der Waals surface area (Å²) in [5.74, 6) is -2.31. The van der Waals surface area contributed by atoms with Crippen molar-refractivity contribution in [1.82, 2.24) is 20.0 Å². The smallest absolute Gasteiger partial charge is 0.262 e. The number of morpholine rings is 1. The molecule has 3 aliphatic heterocycles. The fourth-order valence-electron chi connectivity index (χ4n) is 8.88. The molecule has 3 amide bonds. The van der Waals surface area contributed by atoms with Crippen molar-refractivity contribution in [3.05, 3.63) is 88.5 Å². The quantitative estimate of drug-likeness (QED) is 0.128. The number of carbonyl (C=O) groups excluding carboxylic acids is 3. The number of nitrogens with one attached hydrogen (secondary N) is 2. The molecule has 0 unspecified atom stereocenters. The van der Waals surface area contributed by atoms with Crippen LogP contribution < -0.4 is 15.4 Å². The second-order valence-electron chi connectivity index (χ2n) is 16.2. The number of aromatic hydroxyl groups is 1. The van der Waals surface area contributed by atoms with Gasteiger partial charge in [-0.05, 0) is 80.0 Å². The van der Waals surface area contributed by atoms with Crippen molar-refractivity contribution in [3.8, 4) is 11.5 Å². The summed E-state index contributed by atoms with van der Waals surface area (Å²) in [5, 5.41) is 16.3. The van der Waals surface area contributed by atoms with E-state index in [1.807, 2.05) is 11.0 Å². The topological polar surface area (TPSA) is 133 Å². The molecular weight excluding hydrogens is 761 g/mol. The van der Waals surface area contributed by atoms with Gasteiger partial charge in [0.2, 0.25) is 5.91 Å². The fraction of sp³-hybridized carbons (Fsp3) is 0.533. The molecule has 0 atom stereocenters. The lowest BCUT2D eigenvalue weighted by Gasteiger charge is -2.47. The van der Waals surface area contributed by atoms with E-state index in [1.54, 1.807) is 11.0 Å². The van der Waals surface area contributed by atoms with Crippen molar-refractivity contribution in [2.24, 2.45) is 0 Å². The van der Waals surface area contributed by atoms with E-state index in [-0.39, 0.29) is 35.8 Å². The SMILES string of the molecule is O=C1COc2c(CCNCCN(C(=O)CCOCCc3cccc(CN4CCC5(CC4)CN(C(=O)c4cccc(F)c4F)CCO5)c3)C3CCCCC3)ccc(O)c2N1. The molecule has 0 aromatic heterocycles. The molecule has 4 aliphatic rings. The maximum atomic E-state index is 14.4. The minimum absolute atomic E-state index is 0.0166.